The molecule has 1 aliphatic rings. The van der Waals surface area contributed by atoms with Crippen LogP contribution in [0.15, 0.2) is 64.9 Å². The summed E-state index contributed by atoms with van der Waals surface area (Å²) in [6.45, 7) is 4.55. The number of aromatic nitrogens is 2. The standard InChI is InChI=1S/C25H28N4O2S2/c1-4-29-22-11-10-19(33(30,31)27(2)3)16-21(22)26-24(29)17-28-14-12-23-20(13-15-32-23)25(28)18-8-6-5-7-9-18/h5-11,13,15-16,25H,4,12,14,17H2,1-3H3/t25-/m1/s1. The summed E-state index contributed by atoms with van der Waals surface area (Å²) in [7, 11) is -0.403. The molecule has 0 saturated heterocycles. The van der Waals surface area contributed by atoms with Crippen molar-refractivity contribution in [1.29, 1.82) is 0 Å². The van der Waals surface area contributed by atoms with E-state index in [4.69, 9.17) is 4.98 Å². The topological polar surface area (TPSA) is 58.4 Å². The lowest BCUT2D eigenvalue weighted by Crippen LogP contribution is -2.35. The highest BCUT2D eigenvalue weighted by Crippen LogP contribution is 2.38. The molecule has 0 amide bonds. The van der Waals surface area contributed by atoms with Crippen LogP contribution in [0.1, 0.15) is 34.8 Å². The molecule has 0 radical (unpaired) electrons. The highest BCUT2D eigenvalue weighted by molar-refractivity contribution is 7.89. The third kappa shape index (κ3) is 3.91. The molecule has 5 rings (SSSR count). The Kier molecular flexibility index (Phi) is 5.86. The summed E-state index contributed by atoms with van der Waals surface area (Å²) < 4.78 is 28.7. The number of thiophene rings is 1. The molecule has 172 valence electrons. The number of fused-ring (bicyclic) bond motifs is 2. The Morgan fingerprint density at radius 1 is 1.12 bits per heavy atom. The molecular formula is C25H28N4O2S2. The number of hydrogen-bond acceptors (Lipinski definition) is 5. The molecule has 1 atom stereocenters. The summed E-state index contributed by atoms with van der Waals surface area (Å²) in [6, 6.07) is 18.4. The predicted octanol–water partition coefficient (Wildman–Crippen LogP) is 4.52. The monoisotopic (exact) mass is 480 g/mol. The van der Waals surface area contributed by atoms with Crippen LogP contribution in [0.5, 0.6) is 0 Å². The summed E-state index contributed by atoms with van der Waals surface area (Å²) in [5, 5.41) is 2.19. The number of rotatable bonds is 6. The van der Waals surface area contributed by atoms with E-state index in [2.05, 4.69) is 58.2 Å². The van der Waals surface area contributed by atoms with Crippen LogP contribution in [0.25, 0.3) is 11.0 Å². The van der Waals surface area contributed by atoms with Gasteiger partial charge in [0.2, 0.25) is 10.0 Å². The number of hydrogen-bond donors (Lipinski definition) is 0. The Morgan fingerprint density at radius 2 is 1.91 bits per heavy atom. The van der Waals surface area contributed by atoms with Gasteiger partial charge in [0, 0.05) is 32.1 Å². The van der Waals surface area contributed by atoms with E-state index in [0.29, 0.717) is 6.54 Å². The number of sulfonamides is 1. The van der Waals surface area contributed by atoms with Crippen molar-refractivity contribution in [1.82, 2.24) is 18.8 Å². The van der Waals surface area contributed by atoms with E-state index in [1.807, 2.05) is 17.4 Å². The van der Waals surface area contributed by atoms with E-state index in [1.54, 1.807) is 26.2 Å². The van der Waals surface area contributed by atoms with Gasteiger partial charge in [0.05, 0.1) is 28.5 Å². The lowest BCUT2D eigenvalue weighted by molar-refractivity contribution is 0.199. The van der Waals surface area contributed by atoms with Crippen molar-refractivity contribution >= 4 is 32.4 Å². The van der Waals surface area contributed by atoms with E-state index in [-0.39, 0.29) is 10.9 Å². The Balaban J connectivity index is 1.55. The molecule has 2 aromatic carbocycles. The van der Waals surface area contributed by atoms with Crippen LogP contribution in [-0.2, 0) is 29.5 Å². The van der Waals surface area contributed by atoms with Crippen LogP contribution in [0.4, 0.5) is 0 Å². The van der Waals surface area contributed by atoms with Gasteiger partial charge in [-0.05, 0) is 54.1 Å². The van der Waals surface area contributed by atoms with Crippen molar-refractivity contribution in [2.45, 2.75) is 37.4 Å². The molecule has 4 aromatic rings. The van der Waals surface area contributed by atoms with Gasteiger partial charge in [-0.3, -0.25) is 4.90 Å². The van der Waals surface area contributed by atoms with Gasteiger partial charge in [0.25, 0.3) is 0 Å². The summed E-state index contributed by atoms with van der Waals surface area (Å²) in [5.74, 6) is 0.964. The molecule has 0 fully saturated rings. The number of benzene rings is 2. The molecule has 0 N–H and O–H groups in total. The van der Waals surface area contributed by atoms with E-state index in [1.165, 1.54) is 20.3 Å². The third-order valence-electron chi connectivity index (χ3n) is 6.42. The van der Waals surface area contributed by atoms with Crippen molar-refractivity contribution in [3.05, 3.63) is 81.8 Å². The van der Waals surface area contributed by atoms with Crippen LogP contribution in [0.3, 0.4) is 0 Å². The fraction of sp³-hybridized carbons (Fsp3) is 0.320. The van der Waals surface area contributed by atoms with Gasteiger partial charge in [0.15, 0.2) is 0 Å². The molecule has 6 nitrogen and oxygen atoms in total. The second-order valence-electron chi connectivity index (χ2n) is 8.54. The molecule has 8 heteroatoms. The summed E-state index contributed by atoms with van der Waals surface area (Å²) in [5.41, 5.74) is 4.36. The predicted molar refractivity (Wildman–Crippen MR) is 133 cm³/mol. The highest BCUT2D eigenvalue weighted by Gasteiger charge is 2.31. The van der Waals surface area contributed by atoms with Crippen LogP contribution in [0.2, 0.25) is 0 Å². The number of imidazole rings is 1. The Labute approximate surface area is 199 Å². The normalized spacial score (nSPS) is 17.0. The average Bonchev–Trinajstić information content (AvgIpc) is 3.42. The van der Waals surface area contributed by atoms with Gasteiger partial charge in [0.1, 0.15) is 5.82 Å². The van der Waals surface area contributed by atoms with E-state index >= 15 is 0 Å². The fourth-order valence-corrected chi connectivity index (χ4v) is 6.58. The van der Waals surface area contributed by atoms with Crippen LogP contribution < -0.4 is 0 Å². The minimum Gasteiger partial charge on any atom is -0.327 e. The minimum absolute atomic E-state index is 0.191. The first-order chi connectivity index (χ1) is 15.9. The molecule has 0 aliphatic carbocycles. The lowest BCUT2D eigenvalue weighted by Gasteiger charge is -2.36. The zero-order chi connectivity index (χ0) is 23.2. The average molecular weight is 481 g/mol. The first-order valence-corrected chi connectivity index (χ1v) is 13.5. The Bertz CT molecular complexity index is 1390. The Hall–Kier alpha value is -2.52. The van der Waals surface area contributed by atoms with Crippen molar-refractivity contribution in [2.75, 3.05) is 20.6 Å². The zero-order valence-corrected chi connectivity index (χ0v) is 20.7. The summed E-state index contributed by atoms with van der Waals surface area (Å²) >= 11 is 1.84. The zero-order valence-electron chi connectivity index (χ0n) is 19.1. The maximum Gasteiger partial charge on any atom is 0.242 e. The smallest absolute Gasteiger partial charge is 0.242 e. The number of nitrogens with zero attached hydrogens (tertiary/aromatic N) is 4. The quantitative estimate of drug-likeness (QED) is 0.407. The maximum atomic E-state index is 12.6. The van der Waals surface area contributed by atoms with E-state index in [0.717, 1.165) is 36.4 Å². The van der Waals surface area contributed by atoms with Crippen LogP contribution in [-0.4, -0.2) is 47.8 Å². The summed E-state index contributed by atoms with van der Waals surface area (Å²) in [6.07, 6.45) is 1.04. The lowest BCUT2D eigenvalue weighted by atomic mass is 9.93. The van der Waals surface area contributed by atoms with Gasteiger partial charge in [-0.1, -0.05) is 30.3 Å². The first-order valence-electron chi connectivity index (χ1n) is 11.2. The van der Waals surface area contributed by atoms with Crippen LogP contribution >= 0.6 is 11.3 Å². The molecule has 2 aromatic heterocycles. The fourth-order valence-electron chi connectivity index (χ4n) is 4.75. The van der Waals surface area contributed by atoms with E-state index in [9.17, 15) is 8.42 Å². The SMILES string of the molecule is CCn1c(CN2CCc3sccc3[C@H]2c2ccccc2)nc2cc(S(=O)(=O)N(C)C)ccc21. The van der Waals surface area contributed by atoms with Crippen LogP contribution in [0, 0.1) is 0 Å². The second kappa shape index (κ2) is 8.68. The maximum absolute atomic E-state index is 12.6. The molecule has 33 heavy (non-hydrogen) atoms. The second-order valence-corrected chi connectivity index (χ2v) is 11.7. The summed E-state index contributed by atoms with van der Waals surface area (Å²) in [4.78, 5) is 9.15. The largest absolute Gasteiger partial charge is 0.327 e. The van der Waals surface area contributed by atoms with Gasteiger partial charge in [-0.25, -0.2) is 17.7 Å². The van der Waals surface area contributed by atoms with Crippen molar-refractivity contribution in [3.8, 4) is 0 Å². The molecule has 0 spiro atoms. The number of aryl methyl sites for hydroxylation is 1. The van der Waals surface area contributed by atoms with Crippen molar-refractivity contribution < 1.29 is 8.42 Å². The molecule has 0 unspecified atom stereocenters. The van der Waals surface area contributed by atoms with Gasteiger partial charge >= 0.3 is 0 Å². The van der Waals surface area contributed by atoms with E-state index < -0.39 is 10.0 Å². The Morgan fingerprint density at radius 3 is 2.64 bits per heavy atom. The van der Waals surface area contributed by atoms with Gasteiger partial charge in [-0.2, -0.15) is 0 Å². The molecule has 1 aliphatic heterocycles. The van der Waals surface area contributed by atoms with Gasteiger partial charge < -0.3 is 4.57 Å². The minimum atomic E-state index is -3.50. The van der Waals surface area contributed by atoms with Crippen molar-refractivity contribution in [2.24, 2.45) is 0 Å². The highest BCUT2D eigenvalue weighted by atomic mass is 32.2. The first kappa shape index (κ1) is 22.3. The molecule has 0 bridgehead atoms. The third-order valence-corrected chi connectivity index (χ3v) is 9.23. The van der Waals surface area contributed by atoms with Gasteiger partial charge in [-0.15, -0.1) is 11.3 Å². The van der Waals surface area contributed by atoms with Crippen molar-refractivity contribution in [3.63, 3.8) is 0 Å². The molecule has 0 saturated carbocycles. The molecule has 3 heterocycles. The molecular weight excluding hydrogens is 452 g/mol.